The summed E-state index contributed by atoms with van der Waals surface area (Å²) in [4.78, 5) is 37.6. The van der Waals surface area contributed by atoms with E-state index in [0.29, 0.717) is 26.1 Å². The van der Waals surface area contributed by atoms with Crippen molar-refractivity contribution in [3.8, 4) is 0 Å². The van der Waals surface area contributed by atoms with E-state index in [0.717, 1.165) is 18.4 Å². The average Bonchev–Trinajstić information content (AvgIpc) is 3.66. The Labute approximate surface area is 235 Å². The fraction of sp³-hybridized carbons (Fsp3) is 0.645. The fourth-order valence-corrected chi connectivity index (χ4v) is 7.17. The van der Waals surface area contributed by atoms with Gasteiger partial charge in [-0.25, -0.2) is 9.59 Å². The summed E-state index contributed by atoms with van der Waals surface area (Å²) in [6.07, 6.45) is 10.5. The van der Waals surface area contributed by atoms with Crippen molar-refractivity contribution in [2.24, 2.45) is 10.8 Å². The van der Waals surface area contributed by atoms with E-state index in [-0.39, 0.29) is 18.8 Å². The second kappa shape index (κ2) is 10.9. The summed E-state index contributed by atoms with van der Waals surface area (Å²) in [5.41, 5.74) is 0.234. The monoisotopic (exact) mass is 556 g/mol. The Morgan fingerprint density at radius 3 is 2.58 bits per heavy atom. The number of esters is 3. The van der Waals surface area contributed by atoms with Gasteiger partial charge in [0.15, 0.2) is 0 Å². The minimum atomic E-state index is -0.618. The number of carbonyl (C=O) groups is 3. The second-order valence-electron chi connectivity index (χ2n) is 12.0. The van der Waals surface area contributed by atoms with Crippen LogP contribution < -0.4 is 0 Å². The molecule has 2 spiro atoms. The first kappa shape index (κ1) is 28.8. The van der Waals surface area contributed by atoms with Gasteiger partial charge >= 0.3 is 17.9 Å². The fourth-order valence-electron chi connectivity index (χ4n) is 7.17. The molecule has 0 aromatic rings. The first-order valence-corrected chi connectivity index (χ1v) is 14.2. The largest absolute Gasteiger partial charge is 0.462 e. The van der Waals surface area contributed by atoms with Gasteiger partial charge in [-0.3, -0.25) is 4.79 Å². The van der Waals surface area contributed by atoms with Gasteiger partial charge in [-0.1, -0.05) is 42.4 Å². The smallest absolute Gasteiger partial charge is 0.331 e. The van der Waals surface area contributed by atoms with Crippen LogP contribution in [0.5, 0.6) is 0 Å². The van der Waals surface area contributed by atoms with Gasteiger partial charge in [0.1, 0.15) is 30.5 Å². The molecule has 5 aliphatic rings. The summed E-state index contributed by atoms with van der Waals surface area (Å²) in [7, 11) is 0. The van der Waals surface area contributed by atoms with Gasteiger partial charge in [0.25, 0.3) is 0 Å². The van der Waals surface area contributed by atoms with Crippen molar-refractivity contribution in [2.45, 2.75) is 96.4 Å². The zero-order valence-electron chi connectivity index (χ0n) is 24.0. The standard InChI is InChI=1S/C31H40O9/c1-19-10-12-30-17-36-28(34)15-20(2)11-13-35-23(21(3)38-22(4)32)8-6-7-9-27(33)40-24-16-26(39-25(30)14-19)31(18-37-31)29(24,30)5/h6-9,14-15,21,23-26H,10-13,16-18H2,1-5H3/b8-6-,9-7-,20-15-/t21-,23-,24-,25-,26-,29-,30-,31+/m1/s1. The van der Waals surface area contributed by atoms with Crippen LogP contribution in [0.4, 0.5) is 0 Å². The molecule has 3 fully saturated rings. The Hall–Kier alpha value is -2.75. The molecule has 0 aromatic carbocycles. The maximum absolute atomic E-state index is 13.1. The molecule has 0 amide bonds. The van der Waals surface area contributed by atoms with Crippen LogP contribution in [-0.2, 0) is 42.8 Å². The van der Waals surface area contributed by atoms with E-state index in [4.69, 9.17) is 28.4 Å². The zero-order valence-corrected chi connectivity index (χ0v) is 24.0. The van der Waals surface area contributed by atoms with E-state index in [1.165, 1.54) is 24.6 Å². The maximum atomic E-state index is 13.1. The van der Waals surface area contributed by atoms with Crippen LogP contribution >= 0.6 is 0 Å². The number of cyclic esters (lactones) is 1. The van der Waals surface area contributed by atoms with Crippen molar-refractivity contribution in [2.75, 3.05) is 19.8 Å². The van der Waals surface area contributed by atoms with E-state index in [1.807, 2.05) is 6.92 Å². The predicted molar refractivity (Wildman–Crippen MR) is 144 cm³/mol. The molecule has 5 rings (SSSR count). The summed E-state index contributed by atoms with van der Waals surface area (Å²) < 4.78 is 36.1. The molecule has 0 aromatic heterocycles. The molecule has 0 N–H and O–H groups in total. The third kappa shape index (κ3) is 4.97. The van der Waals surface area contributed by atoms with Crippen molar-refractivity contribution in [1.82, 2.24) is 0 Å². The molecule has 1 saturated carbocycles. The number of epoxide rings is 1. The quantitative estimate of drug-likeness (QED) is 0.216. The van der Waals surface area contributed by atoms with Gasteiger partial charge < -0.3 is 28.4 Å². The molecule has 0 radical (unpaired) electrons. The normalized spacial score (nSPS) is 43.4. The van der Waals surface area contributed by atoms with Crippen LogP contribution in [-0.4, -0.2) is 73.8 Å². The van der Waals surface area contributed by atoms with Gasteiger partial charge in [0.2, 0.25) is 0 Å². The van der Waals surface area contributed by atoms with E-state index in [1.54, 1.807) is 25.2 Å². The minimum absolute atomic E-state index is 0.128. The number of hydrogen-bond donors (Lipinski definition) is 0. The van der Waals surface area contributed by atoms with E-state index in [9.17, 15) is 14.4 Å². The highest BCUT2D eigenvalue weighted by Crippen LogP contribution is 2.72. The van der Waals surface area contributed by atoms with E-state index < -0.39 is 52.7 Å². The van der Waals surface area contributed by atoms with Crippen LogP contribution in [0.25, 0.3) is 0 Å². The Balaban J connectivity index is 1.47. The molecule has 2 aliphatic carbocycles. The van der Waals surface area contributed by atoms with Gasteiger partial charge in [-0.05, 0) is 40.0 Å². The molecule has 3 aliphatic heterocycles. The van der Waals surface area contributed by atoms with Crippen LogP contribution in [0, 0.1) is 10.8 Å². The third-order valence-corrected chi connectivity index (χ3v) is 9.58. The molecule has 9 nitrogen and oxygen atoms in total. The third-order valence-electron chi connectivity index (χ3n) is 9.58. The Morgan fingerprint density at radius 2 is 1.85 bits per heavy atom. The number of hydrogen-bond acceptors (Lipinski definition) is 9. The molecule has 0 unspecified atom stereocenters. The number of carbonyl (C=O) groups excluding carboxylic acids is 3. The molecule has 8 atom stereocenters. The molecule has 3 heterocycles. The maximum Gasteiger partial charge on any atom is 0.331 e. The molecule has 218 valence electrons. The molecule has 2 bridgehead atoms. The van der Waals surface area contributed by atoms with E-state index in [2.05, 4.69) is 19.9 Å². The highest BCUT2D eigenvalue weighted by atomic mass is 16.6. The lowest BCUT2D eigenvalue weighted by atomic mass is 9.51. The number of ether oxygens (including phenoxy) is 6. The van der Waals surface area contributed by atoms with Crippen molar-refractivity contribution in [3.63, 3.8) is 0 Å². The number of rotatable bonds is 2. The summed E-state index contributed by atoms with van der Waals surface area (Å²) in [5.74, 6) is -1.33. The zero-order chi connectivity index (χ0) is 28.7. The van der Waals surface area contributed by atoms with Gasteiger partial charge in [0.05, 0.1) is 30.8 Å². The summed E-state index contributed by atoms with van der Waals surface area (Å²) in [5, 5.41) is 0. The lowest BCUT2D eigenvalue weighted by Crippen LogP contribution is -2.66. The van der Waals surface area contributed by atoms with Crippen LogP contribution in [0.2, 0.25) is 0 Å². The number of allylic oxidation sites excluding steroid dienone is 3. The van der Waals surface area contributed by atoms with Gasteiger partial charge in [-0.15, -0.1) is 0 Å². The summed E-state index contributed by atoms with van der Waals surface area (Å²) >= 11 is 0. The Morgan fingerprint density at radius 1 is 1.07 bits per heavy atom. The van der Waals surface area contributed by atoms with Crippen LogP contribution in [0.1, 0.15) is 60.3 Å². The van der Waals surface area contributed by atoms with E-state index >= 15 is 0 Å². The van der Waals surface area contributed by atoms with Crippen molar-refractivity contribution >= 4 is 17.9 Å². The SMILES string of the molecule is CC(=O)O[C@H](C)[C@H]1/C=C\C=C/C(=O)O[C@@H]2C[C@H]3O[C@@H]4C=C(C)CC[C@]4(COC(=O)/C=C(/C)CCO1)[C@]2(C)[C@]31CO1. The van der Waals surface area contributed by atoms with Gasteiger partial charge in [-0.2, -0.15) is 0 Å². The molecule has 2 saturated heterocycles. The summed E-state index contributed by atoms with van der Waals surface area (Å²) in [6.45, 7) is 10.1. The lowest BCUT2D eigenvalue weighted by molar-refractivity contribution is -0.232. The first-order valence-electron chi connectivity index (χ1n) is 14.2. The minimum Gasteiger partial charge on any atom is -0.462 e. The highest BCUT2D eigenvalue weighted by Gasteiger charge is 2.83. The first-order chi connectivity index (χ1) is 19.0. The van der Waals surface area contributed by atoms with Crippen molar-refractivity contribution < 1.29 is 42.8 Å². The summed E-state index contributed by atoms with van der Waals surface area (Å²) in [6, 6.07) is 0. The highest BCUT2D eigenvalue weighted by molar-refractivity contribution is 5.83. The van der Waals surface area contributed by atoms with Crippen molar-refractivity contribution in [1.29, 1.82) is 0 Å². The van der Waals surface area contributed by atoms with Crippen molar-refractivity contribution in [3.05, 3.63) is 47.6 Å². The molecular weight excluding hydrogens is 516 g/mol. The lowest BCUT2D eigenvalue weighted by Gasteiger charge is -2.58. The Kier molecular flexibility index (Phi) is 7.85. The second-order valence-corrected chi connectivity index (χ2v) is 12.0. The molecule has 40 heavy (non-hydrogen) atoms. The van der Waals surface area contributed by atoms with Gasteiger partial charge in [0, 0.05) is 30.9 Å². The van der Waals surface area contributed by atoms with Crippen LogP contribution in [0.3, 0.4) is 0 Å². The Bertz CT molecular complexity index is 1160. The topological polar surface area (TPSA) is 110 Å². The average molecular weight is 557 g/mol. The predicted octanol–water partition coefficient (Wildman–Crippen LogP) is 3.91. The molecule has 9 heteroatoms. The van der Waals surface area contributed by atoms with Crippen LogP contribution in [0.15, 0.2) is 47.6 Å². The molecular formula is C31H40O9.